The summed E-state index contributed by atoms with van der Waals surface area (Å²) < 4.78 is 4.66. The Morgan fingerprint density at radius 2 is 2.31 bits per heavy atom. The van der Waals surface area contributed by atoms with E-state index in [-0.39, 0.29) is 12.0 Å². The average molecular weight is 187 g/mol. The summed E-state index contributed by atoms with van der Waals surface area (Å²) in [5.41, 5.74) is -0.790. The van der Waals surface area contributed by atoms with E-state index in [1.165, 1.54) is 7.11 Å². The first kappa shape index (κ1) is 10.5. The van der Waals surface area contributed by atoms with E-state index in [0.717, 1.165) is 0 Å². The van der Waals surface area contributed by atoms with Crippen molar-refractivity contribution in [3.8, 4) is 0 Å². The molecule has 1 heterocycles. The molecule has 0 bridgehead atoms. The number of ether oxygens (including phenoxy) is 1. The van der Waals surface area contributed by atoms with Gasteiger partial charge in [-0.05, 0) is 20.3 Å². The number of aliphatic hydroxyl groups excluding tert-OH is 1. The average Bonchev–Trinajstić information content (AvgIpc) is 2.11. The zero-order valence-corrected chi connectivity index (χ0v) is 8.33. The number of methoxy groups -OCH3 is 1. The number of piperidine rings is 1. The van der Waals surface area contributed by atoms with Crippen molar-refractivity contribution in [2.45, 2.75) is 32.4 Å². The molecule has 2 N–H and O–H groups in total. The molecular formula is C9H17NO3. The van der Waals surface area contributed by atoms with Crippen LogP contribution in [0.4, 0.5) is 0 Å². The van der Waals surface area contributed by atoms with Gasteiger partial charge in [0.25, 0.3) is 0 Å². The van der Waals surface area contributed by atoms with Gasteiger partial charge in [-0.15, -0.1) is 0 Å². The van der Waals surface area contributed by atoms with Crippen molar-refractivity contribution in [1.29, 1.82) is 0 Å². The molecule has 1 aliphatic rings. The molecule has 0 aromatic rings. The maximum absolute atomic E-state index is 11.4. The summed E-state index contributed by atoms with van der Waals surface area (Å²) in [5.74, 6) is -0.348. The highest BCUT2D eigenvalue weighted by Crippen LogP contribution is 2.29. The summed E-state index contributed by atoms with van der Waals surface area (Å²) in [7, 11) is 1.35. The number of aliphatic hydroxyl groups is 1. The molecule has 0 aromatic carbocycles. The van der Waals surface area contributed by atoms with Crippen LogP contribution < -0.4 is 5.32 Å². The lowest BCUT2D eigenvalue weighted by molar-refractivity contribution is -0.161. The van der Waals surface area contributed by atoms with E-state index in [1.54, 1.807) is 6.92 Å². The molecule has 76 valence electrons. The second-order valence-electron chi connectivity index (χ2n) is 3.94. The highest BCUT2D eigenvalue weighted by molar-refractivity contribution is 5.77. The van der Waals surface area contributed by atoms with Crippen molar-refractivity contribution >= 4 is 5.97 Å². The Labute approximate surface area is 78.3 Å². The molecule has 3 atom stereocenters. The number of rotatable bonds is 1. The molecule has 4 nitrogen and oxygen atoms in total. The number of hydrogen-bond donors (Lipinski definition) is 2. The van der Waals surface area contributed by atoms with E-state index in [4.69, 9.17) is 0 Å². The molecule has 1 aliphatic heterocycles. The third kappa shape index (κ3) is 1.84. The third-order valence-electron chi connectivity index (χ3n) is 2.78. The van der Waals surface area contributed by atoms with Crippen molar-refractivity contribution in [2.75, 3.05) is 13.7 Å². The molecule has 0 aliphatic carbocycles. The lowest BCUT2D eigenvalue weighted by Crippen LogP contribution is -2.56. The summed E-state index contributed by atoms with van der Waals surface area (Å²) in [6.45, 7) is 4.18. The fraction of sp³-hybridized carbons (Fsp3) is 0.889. The molecule has 13 heavy (non-hydrogen) atoms. The van der Waals surface area contributed by atoms with E-state index in [9.17, 15) is 9.90 Å². The van der Waals surface area contributed by atoms with Gasteiger partial charge >= 0.3 is 5.97 Å². The Morgan fingerprint density at radius 1 is 1.69 bits per heavy atom. The maximum atomic E-state index is 11.4. The number of hydrogen-bond acceptors (Lipinski definition) is 4. The Hall–Kier alpha value is -0.610. The van der Waals surface area contributed by atoms with Crippen LogP contribution in [0.3, 0.4) is 0 Å². The highest BCUT2D eigenvalue weighted by atomic mass is 16.5. The fourth-order valence-electron chi connectivity index (χ4n) is 1.62. The molecule has 0 spiro atoms. The molecule has 4 heteroatoms. The van der Waals surface area contributed by atoms with Crippen LogP contribution in [0.25, 0.3) is 0 Å². The standard InChI is InChI=1S/C9H17NO3/c1-6-4-7(11)9(2,5-10-6)8(12)13-3/h6-7,10-11H,4-5H2,1-3H3. The lowest BCUT2D eigenvalue weighted by Gasteiger charge is -2.38. The molecule has 1 saturated heterocycles. The number of carbonyl (C=O) groups is 1. The Bertz CT molecular complexity index is 207. The van der Waals surface area contributed by atoms with Crippen LogP contribution in [0.2, 0.25) is 0 Å². The minimum absolute atomic E-state index is 0.257. The van der Waals surface area contributed by atoms with Gasteiger partial charge in [-0.3, -0.25) is 4.79 Å². The summed E-state index contributed by atoms with van der Waals surface area (Å²) in [6, 6.07) is 0.257. The van der Waals surface area contributed by atoms with Crippen molar-refractivity contribution < 1.29 is 14.6 Å². The zero-order chi connectivity index (χ0) is 10.1. The summed E-state index contributed by atoms with van der Waals surface area (Å²) in [4.78, 5) is 11.4. The van der Waals surface area contributed by atoms with Crippen LogP contribution in [0.15, 0.2) is 0 Å². The molecular weight excluding hydrogens is 170 g/mol. The Morgan fingerprint density at radius 3 is 2.77 bits per heavy atom. The largest absolute Gasteiger partial charge is 0.468 e. The summed E-state index contributed by atoms with van der Waals surface area (Å²) >= 11 is 0. The van der Waals surface area contributed by atoms with Crippen LogP contribution in [0, 0.1) is 5.41 Å². The van der Waals surface area contributed by atoms with Crippen LogP contribution in [0.1, 0.15) is 20.3 Å². The van der Waals surface area contributed by atoms with Gasteiger partial charge in [0.15, 0.2) is 0 Å². The Kier molecular flexibility index (Phi) is 2.93. The zero-order valence-electron chi connectivity index (χ0n) is 8.33. The minimum atomic E-state index is -0.790. The normalized spacial score (nSPS) is 40.0. The van der Waals surface area contributed by atoms with Crippen molar-refractivity contribution in [3.05, 3.63) is 0 Å². The molecule has 0 aromatic heterocycles. The predicted molar refractivity (Wildman–Crippen MR) is 48.2 cm³/mol. The molecule has 3 unspecified atom stereocenters. The van der Waals surface area contributed by atoms with E-state index >= 15 is 0 Å². The van der Waals surface area contributed by atoms with Gasteiger partial charge in [0.1, 0.15) is 5.41 Å². The topological polar surface area (TPSA) is 58.6 Å². The molecule has 0 saturated carbocycles. The highest BCUT2D eigenvalue weighted by Gasteiger charge is 2.44. The van der Waals surface area contributed by atoms with Crippen LogP contribution in [-0.2, 0) is 9.53 Å². The van der Waals surface area contributed by atoms with Gasteiger partial charge in [0.2, 0.25) is 0 Å². The van der Waals surface area contributed by atoms with E-state index in [0.29, 0.717) is 13.0 Å². The summed E-state index contributed by atoms with van der Waals surface area (Å²) in [6.07, 6.45) is -0.0257. The van der Waals surface area contributed by atoms with Gasteiger partial charge < -0.3 is 15.2 Å². The second kappa shape index (κ2) is 3.64. The third-order valence-corrected chi connectivity index (χ3v) is 2.78. The quantitative estimate of drug-likeness (QED) is 0.563. The first-order valence-corrected chi connectivity index (χ1v) is 4.50. The number of carbonyl (C=O) groups excluding carboxylic acids is 1. The fourth-order valence-corrected chi connectivity index (χ4v) is 1.62. The van der Waals surface area contributed by atoms with Crippen molar-refractivity contribution in [3.63, 3.8) is 0 Å². The predicted octanol–water partition coefficient (Wildman–Crippen LogP) is -0.0916. The van der Waals surface area contributed by atoms with Crippen molar-refractivity contribution in [1.82, 2.24) is 5.32 Å². The van der Waals surface area contributed by atoms with Crippen LogP contribution in [0.5, 0.6) is 0 Å². The molecule has 1 rings (SSSR count). The first-order valence-electron chi connectivity index (χ1n) is 4.50. The molecule has 0 radical (unpaired) electrons. The minimum Gasteiger partial charge on any atom is -0.468 e. The molecule has 0 amide bonds. The summed E-state index contributed by atoms with van der Waals surface area (Å²) in [5, 5.41) is 12.9. The molecule has 1 fully saturated rings. The smallest absolute Gasteiger partial charge is 0.315 e. The van der Waals surface area contributed by atoms with Gasteiger partial charge in [-0.1, -0.05) is 0 Å². The van der Waals surface area contributed by atoms with Crippen LogP contribution in [-0.4, -0.2) is 36.9 Å². The van der Waals surface area contributed by atoms with Gasteiger partial charge in [0, 0.05) is 12.6 Å². The maximum Gasteiger partial charge on any atom is 0.315 e. The van der Waals surface area contributed by atoms with Gasteiger partial charge in [0.05, 0.1) is 13.2 Å². The van der Waals surface area contributed by atoms with E-state index < -0.39 is 11.5 Å². The lowest BCUT2D eigenvalue weighted by atomic mass is 9.78. The number of nitrogens with one attached hydrogen (secondary N) is 1. The van der Waals surface area contributed by atoms with Gasteiger partial charge in [-0.2, -0.15) is 0 Å². The number of esters is 1. The van der Waals surface area contributed by atoms with E-state index in [2.05, 4.69) is 10.1 Å². The van der Waals surface area contributed by atoms with E-state index in [1.807, 2.05) is 6.92 Å². The monoisotopic (exact) mass is 187 g/mol. The second-order valence-corrected chi connectivity index (χ2v) is 3.94. The van der Waals surface area contributed by atoms with Crippen molar-refractivity contribution in [2.24, 2.45) is 5.41 Å². The first-order chi connectivity index (χ1) is 6.00. The SMILES string of the molecule is COC(=O)C1(C)CNC(C)CC1O. The van der Waals surface area contributed by atoms with Crippen LogP contribution >= 0.6 is 0 Å². The Balaban J connectivity index is 2.73. The van der Waals surface area contributed by atoms with Gasteiger partial charge in [-0.25, -0.2) is 0 Å².